The van der Waals surface area contributed by atoms with Crippen LogP contribution in [0.5, 0.6) is 0 Å². The van der Waals surface area contributed by atoms with Crippen molar-refractivity contribution in [1.29, 1.82) is 0 Å². The zero-order chi connectivity index (χ0) is 18.1. The number of hydrogen-bond donors (Lipinski definition) is 0. The Morgan fingerprint density at radius 3 is 2.46 bits per heavy atom. The summed E-state index contributed by atoms with van der Waals surface area (Å²) in [6, 6.07) is 5.59. The summed E-state index contributed by atoms with van der Waals surface area (Å²) < 4.78 is 26.9. The molecule has 0 bridgehead atoms. The highest BCUT2D eigenvalue weighted by Crippen LogP contribution is 2.28. The summed E-state index contributed by atoms with van der Waals surface area (Å²) in [5.41, 5.74) is 2.88. The fourth-order valence-electron chi connectivity index (χ4n) is 3.24. The molecule has 2 rings (SSSR count). The van der Waals surface area contributed by atoms with Gasteiger partial charge in [0.15, 0.2) is 0 Å². The molecular formula is C19H28F2N2O. The normalized spacial score (nSPS) is 18.8. The maximum Gasteiger partial charge on any atom is 0.261 e. The van der Waals surface area contributed by atoms with E-state index in [1.54, 1.807) is 16.8 Å². The van der Waals surface area contributed by atoms with Crippen molar-refractivity contribution in [3.8, 4) is 0 Å². The molecule has 1 fully saturated rings. The molecular weight excluding hydrogens is 310 g/mol. The van der Waals surface area contributed by atoms with Gasteiger partial charge in [0, 0.05) is 38.2 Å². The number of nitrogens with zero attached hydrogens (tertiary/aromatic N) is 2. The molecule has 24 heavy (non-hydrogen) atoms. The molecule has 1 aliphatic heterocycles. The van der Waals surface area contributed by atoms with Crippen molar-refractivity contribution in [2.45, 2.75) is 46.1 Å². The summed E-state index contributed by atoms with van der Waals surface area (Å²) in [7, 11) is 1.77. The number of alkyl halides is 2. The second-order valence-electron chi connectivity index (χ2n) is 7.37. The molecule has 1 heterocycles. The third kappa shape index (κ3) is 4.32. The molecule has 1 aromatic carbocycles. The number of benzene rings is 1. The van der Waals surface area contributed by atoms with Crippen LogP contribution >= 0.6 is 0 Å². The van der Waals surface area contributed by atoms with E-state index in [1.165, 1.54) is 0 Å². The fraction of sp³-hybridized carbons (Fsp3) is 0.632. The topological polar surface area (TPSA) is 23.6 Å². The molecule has 0 aromatic heterocycles. The van der Waals surface area contributed by atoms with E-state index in [0.717, 1.165) is 11.1 Å². The minimum atomic E-state index is -2.60. The van der Waals surface area contributed by atoms with E-state index in [9.17, 15) is 13.6 Å². The number of carbonyl (C=O) groups is 1. The van der Waals surface area contributed by atoms with Crippen LogP contribution in [0.2, 0.25) is 0 Å². The van der Waals surface area contributed by atoms with Gasteiger partial charge in [-0.3, -0.25) is 9.69 Å². The van der Waals surface area contributed by atoms with Gasteiger partial charge in [0.25, 0.3) is 11.8 Å². The molecule has 0 spiro atoms. The van der Waals surface area contributed by atoms with Crippen molar-refractivity contribution >= 4 is 5.91 Å². The molecule has 1 amide bonds. The smallest absolute Gasteiger partial charge is 0.261 e. The highest BCUT2D eigenvalue weighted by molar-refractivity contribution is 5.94. The number of likely N-dealkylation sites (tertiary alicyclic amines) is 1. The minimum Gasteiger partial charge on any atom is -0.337 e. The van der Waals surface area contributed by atoms with E-state index in [2.05, 4.69) is 0 Å². The quantitative estimate of drug-likeness (QED) is 0.816. The summed E-state index contributed by atoms with van der Waals surface area (Å²) in [6.45, 7) is 8.73. The molecule has 1 aliphatic rings. The predicted molar refractivity (Wildman–Crippen MR) is 92.6 cm³/mol. The van der Waals surface area contributed by atoms with E-state index >= 15 is 0 Å². The largest absolute Gasteiger partial charge is 0.337 e. The van der Waals surface area contributed by atoms with E-state index in [4.69, 9.17) is 0 Å². The van der Waals surface area contributed by atoms with Gasteiger partial charge in [-0.2, -0.15) is 0 Å². The first-order valence-corrected chi connectivity index (χ1v) is 8.55. The van der Waals surface area contributed by atoms with Crippen LogP contribution < -0.4 is 0 Å². The summed E-state index contributed by atoms with van der Waals surface area (Å²) in [5.74, 6) is -2.46. The van der Waals surface area contributed by atoms with Crippen LogP contribution in [0.25, 0.3) is 0 Å². The third-order valence-corrected chi connectivity index (χ3v) is 5.04. The van der Waals surface area contributed by atoms with Crippen LogP contribution in [0.3, 0.4) is 0 Å². The number of rotatable bonds is 5. The highest BCUT2D eigenvalue weighted by Gasteiger charge is 2.39. The van der Waals surface area contributed by atoms with Crippen LogP contribution in [0.15, 0.2) is 18.2 Å². The highest BCUT2D eigenvalue weighted by atomic mass is 19.3. The molecule has 1 atom stereocenters. The Hall–Kier alpha value is -1.49. The van der Waals surface area contributed by atoms with Crippen LogP contribution in [0.4, 0.5) is 8.78 Å². The van der Waals surface area contributed by atoms with Gasteiger partial charge in [-0.25, -0.2) is 8.78 Å². The van der Waals surface area contributed by atoms with Gasteiger partial charge < -0.3 is 4.90 Å². The average Bonchev–Trinajstić information content (AvgIpc) is 2.85. The number of carbonyl (C=O) groups excluding carboxylic acids is 1. The predicted octanol–water partition coefficient (Wildman–Crippen LogP) is 3.74. The van der Waals surface area contributed by atoms with Crippen molar-refractivity contribution in [2.24, 2.45) is 5.92 Å². The lowest BCUT2D eigenvalue weighted by Crippen LogP contribution is -2.47. The van der Waals surface area contributed by atoms with Crippen molar-refractivity contribution in [1.82, 2.24) is 9.80 Å². The first kappa shape index (κ1) is 18.8. The second-order valence-corrected chi connectivity index (χ2v) is 7.37. The number of likely N-dealkylation sites (N-methyl/N-ethyl adjacent to an activating group) is 1. The molecule has 134 valence electrons. The monoisotopic (exact) mass is 338 g/mol. The van der Waals surface area contributed by atoms with E-state index in [0.29, 0.717) is 18.7 Å². The van der Waals surface area contributed by atoms with Gasteiger partial charge in [0.05, 0.1) is 6.54 Å². The number of halogens is 2. The Kier molecular flexibility index (Phi) is 5.63. The molecule has 5 heteroatoms. The zero-order valence-electron chi connectivity index (χ0n) is 15.3. The summed E-state index contributed by atoms with van der Waals surface area (Å²) in [5, 5.41) is 0. The lowest BCUT2D eigenvalue weighted by Gasteiger charge is -2.34. The van der Waals surface area contributed by atoms with Gasteiger partial charge in [-0.1, -0.05) is 19.9 Å². The lowest BCUT2D eigenvalue weighted by molar-refractivity contribution is 0.00885. The van der Waals surface area contributed by atoms with Gasteiger partial charge in [0.2, 0.25) is 0 Å². The molecule has 0 saturated carbocycles. The number of hydrogen-bond acceptors (Lipinski definition) is 2. The van der Waals surface area contributed by atoms with Gasteiger partial charge in [-0.15, -0.1) is 0 Å². The zero-order valence-corrected chi connectivity index (χ0v) is 15.3. The van der Waals surface area contributed by atoms with E-state index < -0.39 is 5.92 Å². The van der Waals surface area contributed by atoms with Crippen LogP contribution in [0, 0.1) is 19.8 Å². The molecule has 0 N–H and O–H groups in total. The molecule has 0 aliphatic carbocycles. The Morgan fingerprint density at radius 2 is 1.96 bits per heavy atom. The van der Waals surface area contributed by atoms with Crippen LogP contribution in [-0.2, 0) is 0 Å². The SMILES string of the molecule is Cc1ccc(C(=O)N(C)C(CN2CCC(F)(F)C2)C(C)C)cc1C. The van der Waals surface area contributed by atoms with Gasteiger partial charge in [0.1, 0.15) is 0 Å². The lowest BCUT2D eigenvalue weighted by atomic mass is 10.00. The molecule has 1 saturated heterocycles. The van der Waals surface area contributed by atoms with Crippen LogP contribution in [0.1, 0.15) is 41.8 Å². The van der Waals surface area contributed by atoms with Gasteiger partial charge >= 0.3 is 0 Å². The molecule has 1 unspecified atom stereocenters. The molecule has 1 aromatic rings. The van der Waals surface area contributed by atoms with Crippen molar-refractivity contribution in [3.63, 3.8) is 0 Å². The first-order chi connectivity index (χ1) is 11.1. The summed E-state index contributed by atoms with van der Waals surface area (Å²) >= 11 is 0. The Bertz CT molecular complexity index is 601. The Balaban J connectivity index is 2.12. The molecule has 3 nitrogen and oxygen atoms in total. The van der Waals surface area contributed by atoms with Gasteiger partial charge in [-0.05, 0) is 43.0 Å². The number of amides is 1. The maximum atomic E-state index is 13.4. The van der Waals surface area contributed by atoms with Crippen LogP contribution in [-0.4, -0.2) is 54.4 Å². The fourth-order valence-corrected chi connectivity index (χ4v) is 3.24. The Labute approximate surface area is 143 Å². The summed E-state index contributed by atoms with van der Waals surface area (Å²) in [4.78, 5) is 16.3. The third-order valence-electron chi connectivity index (χ3n) is 5.04. The first-order valence-electron chi connectivity index (χ1n) is 8.55. The van der Waals surface area contributed by atoms with E-state index in [-0.39, 0.29) is 30.8 Å². The average molecular weight is 338 g/mol. The van der Waals surface area contributed by atoms with Crippen molar-refractivity contribution in [2.75, 3.05) is 26.7 Å². The van der Waals surface area contributed by atoms with Crippen molar-refractivity contribution in [3.05, 3.63) is 34.9 Å². The second kappa shape index (κ2) is 7.18. The summed E-state index contributed by atoms with van der Waals surface area (Å²) in [6.07, 6.45) is -0.0906. The molecule has 0 radical (unpaired) electrons. The van der Waals surface area contributed by atoms with Crippen molar-refractivity contribution < 1.29 is 13.6 Å². The number of aryl methyl sites for hydroxylation is 2. The maximum absolute atomic E-state index is 13.4. The minimum absolute atomic E-state index is 0.0530. The van der Waals surface area contributed by atoms with E-state index in [1.807, 2.05) is 45.9 Å². The standard InChI is InChI=1S/C19H28F2N2O/c1-13(2)17(11-23-9-8-19(20,21)12-23)22(5)18(24)16-7-6-14(3)15(4)10-16/h6-7,10,13,17H,8-9,11-12H2,1-5H3. The Morgan fingerprint density at radius 1 is 1.29 bits per heavy atom.